The van der Waals surface area contributed by atoms with Crippen molar-refractivity contribution in [3.63, 3.8) is 0 Å². The van der Waals surface area contributed by atoms with Gasteiger partial charge in [0.2, 0.25) is 5.91 Å². The highest BCUT2D eigenvalue weighted by molar-refractivity contribution is 9.10. The molecule has 6 nitrogen and oxygen atoms in total. The summed E-state index contributed by atoms with van der Waals surface area (Å²) in [6.07, 6.45) is 5.10. The standard InChI is InChI=1S/C13H13BrN4O2S/c14-10-4-11(16-6-10)13(20)18-17-12(19)8-21-7-9-2-1-3-15-5-9/h1-6,16H,7-8H2,(H,17,19)(H,18,20). The summed E-state index contributed by atoms with van der Waals surface area (Å²) in [5.74, 6) is 0.289. The summed E-state index contributed by atoms with van der Waals surface area (Å²) in [7, 11) is 0. The fourth-order valence-corrected chi connectivity index (χ4v) is 2.58. The number of rotatable bonds is 5. The third-order valence-corrected chi connectivity index (χ3v) is 3.89. The summed E-state index contributed by atoms with van der Waals surface area (Å²) >= 11 is 4.68. The van der Waals surface area contributed by atoms with E-state index >= 15 is 0 Å². The monoisotopic (exact) mass is 368 g/mol. The lowest BCUT2D eigenvalue weighted by atomic mass is 10.3. The minimum atomic E-state index is -0.397. The molecule has 2 amide bonds. The van der Waals surface area contributed by atoms with Gasteiger partial charge in [0.15, 0.2) is 0 Å². The van der Waals surface area contributed by atoms with Crippen molar-refractivity contribution in [2.75, 3.05) is 5.75 Å². The molecule has 0 saturated carbocycles. The summed E-state index contributed by atoms with van der Waals surface area (Å²) < 4.78 is 0.769. The fraction of sp³-hybridized carbons (Fsp3) is 0.154. The largest absolute Gasteiger partial charge is 0.356 e. The number of thioether (sulfide) groups is 1. The van der Waals surface area contributed by atoms with Crippen LogP contribution in [-0.2, 0) is 10.5 Å². The molecule has 8 heteroatoms. The van der Waals surface area contributed by atoms with Gasteiger partial charge >= 0.3 is 0 Å². The average molecular weight is 369 g/mol. The van der Waals surface area contributed by atoms with Crippen molar-refractivity contribution >= 4 is 39.5 Å². The first kappa shape index (κ1) is 15.6. The molecule has 0 fully saturated rings. The molecule has 0 radical (unpaired) electrons. The van der Waals surface area contributed by atoms with Gasteiger partial charge in [0.05, 0.1) is 5.75 Å². The third kappa shape index (κ3) is 5.24. The lowest BCUT2D eigenvalue weighted by Gasteiger charge is -2.06. The van der Waals surface area contributed by atoms with E-state index in [4.69, 9.17) is 0 Å². The first-order valence-corrected chi connectivity index (χ1v) is 7.99. The first-order valence-electron chi connectivity index (χ1n) is 6.05. The maximum absolute atomic E-state index is 11.7. The normalized spacial score (nSPS) is 10.1. The number of amides is 2. The van der Waals surface area contributed by atoms with Gasteiger partial charge in [0.1, 0.15) is 5.69 Å². The number of nitrogens with zero attached hydrogens (tertiary/aromatic N) is 1. The summed E-state index contributed by atoms with van der Waals surface area (Å²) in [4.78, 5) is 30.0. The molecular weight excluding hydrogens is 356 g/mol. The van der Waals surface area contributed by atoms with Gasteiger partial charge < -0.3 is 4.98 Å². The predicted molar refractivity (Wildman–Crippen MR) is 84.5 cm³/mol. The fourth-order valence-electron chi connectivity index (χ4n) is 1.47. The van der Waals surface area contributed by atoms with Gasteiger partial charge in [-0.2, -0.15) is 0 Å². The number of carbonyl (C=O) groups excluding carboxylic acids is 2. The summed E-state index contributed by atoms with van der Waals surface area (Å²) in [6, 6.07) is 5.42. The SMILES string of the molecule is O=C(CSCc1cccnc1)NNC(=O)c1cc(Br)c[nH]1. The molecular formula is C13H13BrN4O2S. The van der Waals surface area contributed by atoms with Crippen LogP contribution in [0.25, 0.3) is 0 Å². The Morgan fingerprint density at radius 3 is 2.90 bits per heavy atom. The zero-order valence-electron chi connectivity index (χ0n) is 10.9. The Morgan fingerprint density at radius 1 is 1.38 bits per heavy atom. The van der Waals surface area contributed by atoms with Gasteiger partial charge in [0.25, 0.3) is 5.91 Å². The Labute approximate surface area is 134 Å². The molecule has 0 aliphatic heterocycles. The van der Waals surface area contributed by atoms with Gasteiger partial charge in [-0.15, -0.1) is 11.8 Å². The molecule has 2 aromatic heterocycles. The Balaban J connectivity index is 1.67. The van der Waals surface area contributed by atoms with E-state index in [1.807, 2.05) is 12.1 Å². The van der Waals surface area contributed by atoms with Gasteiger partial charge in [-0.25, -0.2) is 0 Å². The van der Waals surface area contributed by atoms with E-state index in [9.17, 15) is 9.59 Å². The minimum absolute atomic E-state index is 0.254. The number of carbonyl (C=O) groups is 2. The molecule has 2 rings (SSSR count). The minimum Gasteiger partial charge on any atom is -0.356 e. The molecule has 0 atom stereocenters. The van der Waals surface area contributed by atoms with Gasteiger partial charge in [-0.1, -0.05) is 6.07 Å². The first-order chi connectivity index (χ1) is 10.1. The third-order valence-electron chi connectivity index (χ3n) is 2.43. The van der Waals surface area contributed by atoms with Crippen LogP contribution in [0.15, 0.2) is 41.3 Å². The van der Waals surface area contributed by atoms with Crippen molar-refractivity contribution in [3.05, 3.63) is 52.5 Å². The van der Waals surface area contributed by atoms with Gasteiger partial charge in [-0.3, -0.25) is 25.4 Å². The zero-order valence-corrected chi connectivity index (χ0v) is 13.3. The number of hydrogen-bond acceptors (Lipinski definition) is 4. The van der Waals surface area contributed by atoms with Crippen LogP contribution in [0.2, 0.25) is 0 Å². The second kappa shape index (κ2) is 7.84. The van der Waals surface area contributed by atoms with Crippen molar-refractivity contribution in [2.45, 2.75) is 5.75 Å². The van der Waals surface area contributed by atoms with Crippen molar-refractivity contribution < 1.29 is 9.59 Å². The number of hydrogen-bond donors (Lipinski definition) is 3. The number of aromatic amines is 1. The van der Waals surface area contributed by atoms with Gasteiger partial charge in [-0.05, 0) is 33.6 Å². The van der Waals surface area contributed by atoms with Crippen molar-refractivity contribution in [1.82, 2.24) is 20.8 Å². The van der Waals surface area contributed by atoms with E-state index in [0.717, 1.165) is 10.0 Å². The van der Waals surface area contributed by atoms with E-state index in [1.54, 1.807) is 24.7 Å². The maximum Gasteiger partial charge on any atom is 0.286 e. The van der Waals surface area contributed by atoms with E-state index in [1.165, 1.54) is 11.8 Å². The predicted octanol–water partition coefficient (Wildman–Crippen LogP) is 1.87. The van der Waals surface area contributed by atoms with E-state index in [2.05, 4.69) is 36.7 Å². The summed E-state index contributed by atoms with van der Waals surface area (Å²) in [5.41, 5.74) is 6.13. The maximum atomic E-state index is 11.7. The van der Waals surface area contributed by atoms with Crippen molar-refractivity contribution in [1.29, 1.82) is 0 Å². The van der Waals surface area contributed by atoms with Crippen LogP contribution < -0.4 is 10.9 Å². The lowest BCUT2D eigenvalue weighted by molar-refractivity contribution is -0.119. The van der Waals surface area contributed by atoms with Crippen LogP contribution in [-0.4, -0.2) is 27.5 Å². The second-order valence-corrected chi connectivity index (χ2v) is 5.99. The molecule has 2 aromatic rings. The topological polar surface area (TPSA) is 86.9 Å². The highest BCUT2D eigenvalue weighted by atomic mass is 79.9. The molecule has 2 heterocycles. The quantitative estimate of drug-likeness (QED) is 0.703. The summed E-state index contributed by atoms with van der Waals surface area (Å²) in [5, 5.41) is 0. The van der Waals surface area contributed by atoms with Crippen molar-refractivity contribution in [3.8, 4) is 0 Å². The molecule has 0 bridgehead atoms. The van der Waals surface area contributed by atoms with E-state index < -0.39 is 5.91 Å². The molecule has 0 spiro atoms. The molecule has 110 valence electrons. The van der Waals surface area contributed by atoms with Crippen LogP contribution in [0.3, 0.4) is 0 Å². The summed E-state index contributed by atoms with van der Waals surface area (Å²) in [6.45, 7) is 0. The highest BCUT2D eigenvalue weighted by Gasteiger charge is 2.09. The Hall–Kier alpha value is -1.80. The molecule has 0 aliphatic rings. The number of pyridine rings is 1. The molecule has 21 heavy (non-hydrogen) atoms. The Bertz CT molecular complexity index is 618. The lowest BCUT2D eigenvalue weighted by Crippen LogP contribution is -2.42. The van der Waals surface area contributed by atoms with Crippen LogP contribution in [0.4, 0.5) is 0 Å². The number of nitrogens with one attached hydrogen (secondary N) is 3. The molecule has 0 saturated heterocycles. The van der Waals surface area contributed by atoms with Crippen LogP contribution in [0, 0.1) is 0 Å². The van der Waals surface area contributed by atoms with E-state index in [0.29, 0.717) is 11.4 Å². The Kier molecular flexibility index (Phi) is 5.82. The average Bonchev–Trinajstić information content (AvgIpc) is 2.92. The number of aromatic nitrogens is 2. The number of H-pyrrole nitrogens is 1. The van der Waals surface area contributed by atoms with E-state index in [-0.39, 0.29) is 11.7 Å². The van der Waals surface area contributed by atoms with Crippen LogP contribution in [0.5, 0.6) is 0 Å². The number of halogens is 1. The van der Waals surface area contributed by atoms with Crippen molar-refractivity contribution in [2.24, 2.45) is 0 Å². The molecule has 0 unspecified atom stereocenters. The molecule has 3 N–H and O–H groups in total. The molecule has 0 aromatic carbocycles. The van der Waals surface area contributed by atoms with Gasteiger partial charge in [0, 0.05) is 28.8 Å². The second-order valence-electron chi connectivity index (χ2n) is 4.09. The van der Waals surface area contributed by atoms with Crippen LogP contribution >= 0.6 is 27.7 Å². The number of hydrazine groups is 1. The zero-order chi connectivity index (χ0) is 15.1. The smallest absolute Gasteiger partial charge is 0.286 e. The van der Waals surface area contributed by atoms with Crippen LogP contribution in [0.1, 0.15) is 16.1 Å². The Morgan fingerprint density at radius 2 is 2.24 bits per heavy atom. The molecule has 0 aliphatic carbocycles. The highest BCUT2D eigenvalue weighted by Crippen LogP contribution is 2.11.